The van der Waals surface area contributed by atoms with Crippen LogP contribution in [0.2, 0.25) is 5.02 Å². The number of amides is 1. The van der Waals surface area contributed by atoms with E-state index in [1.54, 1.807) is 36.7 Å². The van der Waals surface area contributed by atoms with Crippen molar-refractivity contribution >= 4 is 39.8 Å². The number of esters is 1. The molecular formula is C23H21ClN2O3S. The third-order valence-electron chi connectivity index (χ3n) is 5.16. The third-order valence-corrected chi connectivity index (χ3v) is 6.38. The lowest BCUT2D eigenvalue weighted by Crippen LogP contribution is -2.22. The lowest BCUT2D eigenvalue weighted by molar-refractivity contribution is 0.0214. The van der Waals surface area contributed by atoms with Gasteiger partial charge in [-0.1, -0.05) is 30.2 Å². The molecule has 1 N–H and O–H groups in total. The number of hydrogen-bond acceptors (Lipinski definition) is 5. The number of halogens is 1. The summed E-state index contributed by atoms with van der Waals surface area (Å²) in [5.41, 5.74) is 2.29. The highest BCUT2D eigenvalue weighted by Gasteiger charge is 2.26. The Balaban J connectivity index is 1.66. The van der Waals surface area contributed by atoms with Crippen LogP contribution >= 0.6 is 22.9 Å². The molecule has 30 heavy (non-hydrogen) atoms. The molecule has 2 heterocycles. The topological polar surface area (TPSA) is 68.3 Å². The molecule has 154 valence electrons. The summed E-state index contributed by atoms with van der Waals surface area (Å²) < 4.78 is 5.82. The van der Waals surface area contributed by atoms with Gasteiger partial charge >= 0.3 is 5.97 Å². The van der Waals surface area contributed by atoms with Crippen LogP contribution < -0.4 is 5.32 Å². The minimum atomic E-state index is -0.413. The molecule has 0 saturated heterocycles. The molecule has 1 aliphatic rings. The van der Waals surface area contributed by atoms with Crippen LogP contribution in [-0.4, -0.2) is 23.0 Å². The average molecular weight is 441 g/mol. The van der Waals surface area contributed by atoms with Gasteiger partial charge in [0, 0.05) is 23.3 Å². The van der Waals surface area contributed by atoms with Gasteiger partial charge in [0.2, 0.25) is 0 Å². The van der Waals surface area contributed by atoms with Crippen LogP contribution in [-0.2, 0) is 4.74 Å². The number of carbonyl (C=O) groups excluding carboxylic acids is 2. The van der Waals surface area contributed by atoms with Crippen molar-refractivity contribution in [2.45, 2.75) is 38.2 Å². The zero-order chi connectivity index (χ0) is 20.9. The van der Waals surface area contributed by atoms with Crippen molar-refractivity contribution in [3.05, 3.63) is 70.3 Å². The van der Waals surface area contributed by atoms with Crippen molar-refractivity contribution in [2.75, 3.05) is 5.32 Å². The van der Waals surface area contributed by atoms with E-state index in [1.165, 1.54) is 17.8 Å². The van der Waals surface area contributed by atoms with Crippen LogP contribution in [0.4, 0.5) is 5.00 Å². The molecular weight excluding hydrogens is 420 g/mol. The summed E-state index contributed by atoms with van der Waals surface area (Å²) in [6.45, 7) is 0. The van der Waals surface area contributed by atoms with Crippen LogP contribution in [0.15, 0.2) is 54.2 Å². The zero-order valence-electron chi connectivity index (χ0n) is 16.3. The predicted molar refractivity (Wildman–Crippen MR) is 119 cm³/mol. The molecule has 3 aromatic rings. The van der Waals surface area contributed by atoms with Gasteiger partial charge in [-0.15, -0.1) is 11.3 Å². The molecule has 0 radical (unpaired) electrons. The smallest absolute Gasteiger partial charge is 0.342 e. The highest BCUT2D eigenvalue weighted by molar-refractivity contribution is 7.15. The first-order chi connectivity index (χ1) is 14.6. The predicted octanol–water partition coefficient (Wildman–Crippen LogP) is 6.21. The summed E-state index contributed by atoms with van der Waals surface area (Å²) in [5, 5.41) is 5.52. The standard InChI is InChI=1S/C23H21ClN2O3S/c24-19-9-5-4-8-17(19)21(27)26-22-20(23(28)29-16-6-2-1-3-7-16)18(14-30-22)15-10-12-25-13-11-15/h4-5,8-14,16H,1-3,6-7H2,(H,26,27). The van der Waals surface area contributed by atoms with Gasteiger partial charge in [0.15, 0.2) is 0 Å². The second kappa shape index (κ2) is 9.41. The minimum absolute atomic E-state index is 0.0800. The first-order valence-electron chi connectivity index (χ1n) is 9.92. The summed E-state index contributed by atoms with van der Waals surface area (Å²) in [6, 6.07) is 10.5. The van der Waals surface area contributed by atoms with Gasteiger partial charge in [0.1, 0.15) is 16.7 Å². The molecule has 4 rings (SSSR count). The third kappa shape index (κ3) is 4.55. The van der Waals surface area contributed by atoms with Gasteiger partial charge in [-0.25, -0.2) is 4.79 Å². The van der Waals surface area contributed by atoms with E-state index in [0.29, 0.717) is 21.2 Å². The lowest BCUT2D eigenvalue weighted by Gasteiger charge is -2.22. The summed E-state index contributed by atoms with van der Waals surface area (Å²) >= 11 is 7.46. The molecule has 0 atom stereocenters. The fourth-order valence-corrected chi connectivity index (χ4v) is 4.78. The number of pyridine rings is 1. The number of thiophene rings is 1. The average Bonchev–Trinajstić information content (AvgIpc) is 3.19. The number of benzene rings is 1. The Hall–Kier alpha value is -2.70. The van der Waals surface area contributed by atoms with Crippen LogP contribution in [0.5, 0.6) is 0 Å². The Labute approximate surface area is 184 Å². The van der Waals surface area contributed by atoms with Gasteiger partial charge in [-0.3, -0.25) is 9.78 Å². The Kier molecular flexibility index (Phi) is 6.45. The molecule has 1 saturated carbocycles. The van der Waals surface area contributed by atoms with E-state index in [2.05, 4.69) is 10.3 Å². The van der Waals surface area contributed by atoms with Gasteiger partial charge in [0.05, 0.1) is 10.6 Å². The second-order valence-electron chi connectivity index (χ2n) is 7.19. The number of carbonyl (C=O) groups is 2. The minimum Gasteiger partial charge on any atom is -0.459 e. The number of hydrogen-bond donors (Lipinski definition) is 1. The maximum Gasteiger partial charge on any atom is 0.342 e. The SMILES string of the molecule is O=C(Nc1scc(-c2ccncc2)c1C(=O)OC1CCCCC1)c1ccccc1Cl. The molecule has 2 aromatic heterocycles. The Morgan fingerprint density at radius 3 is 2.53 bits per heavy atom. The van der Waals surface area contributed by atoms with Gasteiger partial charge < -0.3 is 10.1 Å². The number of nitrogens with one attached hydrogen (secondary N) is 1. The van der Waals surface area contributed by atoms with Gasteiger partial charge in [-0.2, -0.15) is 0 Å². The summed E-state index contributed by atoms with van der Waals surface area (Å²) in [4.78, 5) is 30.0. The number of nitrogens with zero attached hydrogens (tertiary/aromatic N) is 1. The van der Waals surface area contributed by atoms with Crippen molar-refractivity contribution in [1.29, 1.82) is 0 Å². The van der Waals surface area contributed by atoms with E-state index in [4.69, 9.17) is 16.3 Å². The van der Waals surface area contributed by atoms with E-state index in [0.717, 1.165) is 36.8 Å². The first-order valence-corrected chi connectivity index (χ1v) is 11.2. The molecule has 7 heteroatoms. The molecule has 1 amide bonds. The number of ether oxygens (including phenoxy) is 1. The van der Waals surface area contributed by atoms with Crippen molar-refractivity contribution in [3.8, 4) is 11.1 Å². The molecule has 1 fully saturated rings. The quantitative estimate of drug-likeness (QED) is 0.479. The van der Waals surface area contributed by atoms with Crippen LogP contribution in [0.3, 0.4) is 0 Å². The summed E-state index contributed by atoms with van der Waals surface area (Å²) in [7, 11) is 0. The molecule has 1 aliphatic carbocycles. The highest BCUT2D eigenvalue weighted by atomic mass is 35.5. The van der Waals surface area contributed by atoms with Gasteiger partial charge in [0.25, 0.3) is 5.91 Å². The van der Waals surface area contributed by atoms with E-state index in [1.807, 2.05) is 17.5 Å². The Bertz CT molecular complexity index is 1050. The fourth-order valence-electron chi connectivity index (χ4n) is 3.61. The van der Waals surface area contributed by atoms with E-state index in [9.17, 15) is 9.59 Å². The lowest BCUT2D eigenvalue weighted by atomic mass is 9.97. The highest BCUT2D eigenvalue weighted by Crippen LogP contribution is 2.37. The first kappa shape index (κ1) is 20.6. The molecule has 0 bridgehead atoms. The molecule has 0 unspecified atom stereocenters. The van der Waals surface area contributed by atoms with Crippen molar-refractivity contribution in [2.24, 2.45) is 0 Å². The monoisotopic (exact) mass is 440 g/mol. The maximum atomic E-state index is 13.2. The van der Waals surface area contributed by atoms with Gasteiger partial charge in [-0.05, 0) is 55.5 Å². The Morgan fingerprint density at radius 2 is 1.80 bits per heavy atom. The number of anilines is 1. The maximum absolute atomic E-state index is 13.2. The normalized spacial score (nSPS) is 14.3. The van der Waals surface area contributed by atoms with Crippen molar-refractivity contribution in [1.82, 2.24) is 4.98 Å². The van der Waals surface area contributed by atoms with Crippen LogP contribution in [0, 0.1) is 0 Å². The van der Waals surface area contributed by atoms with Crippen molar-refractivity contribution < 1.29 is 14.3 Å². The van der Waals surface area contributed by atoms with Crippen LogP contribution in [0.25, 0.3) is 11.1 Å². The van der Waals surface area contributed by atoms with Crippen LogP contribution in [0.1, 0.15) is 52.8 Å². The van der Waals surface area contributed by atoms with E-state index in [-0.39, 0.29) is 12.0 Å². The van der Waals surface area contributed by atoms with Crippen molar-refractivity contribution in [3.63, 3.8) is 0 Å². The second-order valence-corrected chi connectivity index (χ2v) is 8.48. The Morgan fingerprint density at radius 1 is 1.07 bits per heavy atom. The molecule has 5 nitrogen and oxygen atoms in total. The van der Waals surface area contributed by atoms with E-state index < -0.39 is 5.97 Å². The molecule has 0 spiro atoms. The molecule has 1 aromatic carbocycles. The molecule has 0 aliphatic heterocycles. The van der Waals surface area contributed by atoms with E-state index >= 15 is 0 Å². The number of rotatable bonds is 5. The zero-order valence-corrected chi connectivity index (χ0v) is 17.8. The summed E-state index contributed by atoms with van der Waals surface area (Å²) in [6.07, 6.45) is 8.32. The fraction of sp³-hybridized carbons (Fsp3) is 0.261. The number of aromatic nitrogens is 1. The largest absolute Gasteiger partial charge is 0.459 e. The summed E-state index contributed by atoms with van der Waals surface area (Å²) in [5.74, 6) is -0.778.